The van der Waals surface area contributed by atoms with E-state index < -0.39 is 5.92 Å². The molecule has 0 unspecified atom stereocenters. The van der Waals surface area contributed by atoms with Crippen LogP contribution in [0.2, 0.25) is 0 Å². The number of Topliss-reactive ketones (excluding diaryl/α,β-unsaturated/α-hetero) is 2. The summed E-state index contributed by atoms with van der Waals surface area (Å²) in [6.07, 6.45) is 0.0202. The zero-order valence-corrected chi connectivity index (χ0v) is 7.36. The maximum atomic E-state index is 11.6. The summed E-state index contributed by atoms with van der Waals surface area (Å²) in [6, 6.07) is 8.50. The van der Waals surface area contributed by atoms with Gasteiger partial charge in [-0.1, -0.05) is 24.3 Å². The molecule has 0 bridgehead atoms. The molecule has 1 aliphatic carbocycles. The van der Waals surface area contributed by atoms with E-state index in [1.54, 1.807) is 24.3 Å². The van der Waals surface area contributed by atoms with E-state index in [0.717, 1.165) is 0 Å². The predicted octanol–water partition coefficient (Wildman–Crippen LogP) is 1.60. The number of benzene rings is 1. The van der Waals surface area contributed by atoms with E-state index in [-0.39, 0.29) is 18.0 Å². The Morgan fingerprint density at radius 1 is 1.21 bits per heavy atom. The second-order valence-corrected chi connectivity index (χ2v) is 3.22. The van der Waals surface area contributed by atoms with Crippen LogP contribution in [0.15, 0.2) is 24.3 Å². The Labute approximate surface area is 81.0 Å². The fraction of sp³-hybridized carbons (Fsp3) is 0.182. The van der Waals surface area contributed by atoms with Crippen molar-refractivity contribution >= 4 is 11.6 Å². The summed E-state index contributed by atoms with van der Waals surface area (Å²) in [6.45, 7) is 0. The summed E-state index contributed by atoms with van der Waals surface area (Å²) >= 11 is 0. The number of nitrogens with zero attached hydrogens (tertiary/aromatic N) is 1. The SMILES string of the molecule is N#C[C@H]1CC(=O)c2ccccc2C1=O. The third kappa shape index (κ3) is 1.12. The van der Waals surface area contributed by atoms with E-state index >= 15 is 0 Å². The van der Waals surface area contributed by atoms with Gasteiger partial charge in [0.2, 0.25) is 0 Å². The van der Waals surface area contributed by atoms with Crippen LogP contribution in [0.3, 0.4) is 0 Å². The minimum absolute atomic E-state index is 0.0202. The Hall–Kier alpha value is -1.95. The maximum absolute atomic E-state index is 11.6. The van der Waals surface area contributed by atoms with Crippen molar-refractivity contribution in [3.05, 3.63) is 35.4 Å². The lowest BCUT2D eigenvalue weighted by Crippen LogP contribution is -2.25. The van der Waals surface area contributed by atoms with Crippen LogP contribution in [0.1, 0.15) is 27.1 Å². The van der Waals surface area contributed by atoms with E-state index in [1.165, 1.54) is 0 Å². The van der Waals surface area contributed by atoms with Crippen molar-refractivity contribution in [2.24, 2.45) is 5.92 Å². The minimum Gasteiger partial charge on any atom is -0.294 e. The maximum Gasteiger partial charge on any atom is 0.181 e. The summed E-state index contributed by atoms with van der Waals surface area (Å²) in [5.41, 5.74) is 0.833. The van der Waals surface area contributed by atoms with Crippen LogP contribution in [0.25, 0.3) is 0 Å². The number of fused-ring (bicyclic) bond motifs is 1. The van der Waals surface area contributed by atoms with Crippen molar-refractivity contribution in [3.8, 4) is 6.07 Å². The lowest BCUT2D eigenvalue weighted by molar-refractivity contribution is 0.0854. The molecule has 0 fully saturated rings. The van der Waals surface area contributed by atoms with E-state index in [0.29, 0.717) is 11.1 Å². The zero-order valence-electron chi connectivity index (χ0n) is 7.36. The van der Waals surface area contributed by atoms with Crippen molar-refractivity contribution in [2.45, 2.75) is 6.42 Å². The number of ketones is 2. The summed E-state index contributed by atoms with van der Waals surface area (Å²) in [5, 5.41) is 8.68. The van der Waals surface area contributed by atoms with Crippen LogP contribution in [-0.2, 0) is 0 Å². The molecule has 2 rings (SSSR count). The topological polar surface area (TPSA) is 57.9 Å². The fourth-order valence-corrected chi connectivity index (χ4v) is 1.62. The van der Waals surface area contributed by atoms with E-state index in [9.17, 15) is 9.59 Å². The van der Waals surface area contributed by atoms with Gasteiger partial charge in [0.05, 0.1) is 6.07 Å². The molecule has 0 aliphatic heterocycles. The molecule has 0 aromatic heterocycles. The van der Waals surface area contributed by atoms with Crippen molar-refractivity contribution < 1.29 is 9.59 Å². The van der Waals surface area contributed by atoms with Gasteiger partial charge >= 0.3 is 0 Å². The van der Waals surface area contributed by atoms with Gasteiger partial charge in [-0.25, -0.2) is 0 Å². The molecule has 0 saturated carbocycles. The first-order chi connectivity index (χ1) is 6.74. The second-order valence-electron chi connectivity index (χ2n) is 3.22. The van der Waals surface area contributed by atoms with Crippen molar-refractivity contribution in [1.29, 1.82) is 5.26 Å². The molecular weight excluding hydrogens is 178 g/mol. The van der Waals surface area contributed by atoms with Crippen molar-refractivity contribution in [1.82, 2.24) is 0 Å². The van der Waals surface area contributed by atoms with Gasteiger partial charge in [-0.05, 0) is 0 Å². The van der Waals surface area contributed by atoms with Crippen LogP contribution >= 0.6 is 0 Å². The van der Waals surface area contributed by atoms with Gasteiger partial charge in [-0.15, -0.1) is 0 Å². The second kappa shape index (κ2) is 3.08. The Morgan fingerprint density at radius 3 is 2.50 bits per heavy atom. The van der Waals surface area contributed by atoms with Gasteiger partial charge in [0.15, 0.2) is 11.6 Å². The van der Waals surface area contributed by atoms with Crippen LogP contribution in [0, 0.1) is 17.2 Å². The molecule has 0 radical (unpaired) electrons. The monoisotopic (exact) mass is 185 g/mol. The third-order valence-corrected chi connectivity index (χ3v) is 2.35. The van der Waals surface area contributed by atoms with Gasteiger partial charge in [0.25, 0.3) is 0 Å². The minimum atomic E-state index is -0.794. The van der Waals surface area contributed by atoms with E-state index in [4.69, 9.17) is 5.26 Å². The fourth-order valence-electron chi connectivity index (χ4n) is 1.62. The van der Waals surface area contributed by atoms with Crippen LogP contribution in [0.5, 0.6) is 0 Å². The Balaban J connectivity index is 2.58. The highest BCUT2D eigenvalue weighted by Crippen LogP contribution is 2.24. The summed E-state index contributed by atoms with van der Waals surface area (Å²) in [5.74, 6) is -1.15. The van der Waals surface area contributed by atoms with Crippen molar-refractivity contribution in [3.63, 3.8) is 0 Å². The molecule has 0 heterocycles. The van der Waals surface area contributed by atoms with Gasteiger partial charge in [0, 0.05) is 17.5 Å². The average Bonchev–Trinajstić information content (AvgIpc) is 2.23. The number of carbonyl (C=O) groups excluding carboxylic acids is 2. The number of nitriles is 1. The quantitative estimate of drug-likeness (QED) is 0.616. The molecule has 3 heteroatoms. The Morgan fingerprint density at radius 2 is 1.86 bits per heavy atom. The van der Waals surface area contributed by atoms with Crippen LogP contribution < -0.4 is 0 Å². The highest BCUT2D eigenvalue weighted by atomic mass is 16.1. The van der Waals surface area contributed by atoms with Crippen LogP contribution in [-0.4, -0.2) is 11.6 Å². The number of hydrogen-bond acceptors (Lipinski definition) is 3. The zero-order chi connectivity index (χ0) is 10.1. The molecule has 68 valence electrons. The van der Waals surface area contributed by atoms with Gasteiger partial charge in [0.1, 0.15) is 5.92 Å². The summed E-state index contributed by atoms with van der Waals surface area (Å²) < 4.78 is 0. The molecule has 3 nitrogen and oxygen atoms in total. The first kappa shape index (κ1) is 8.64. The first-order valence-electron chi connectivity index (χ1n) is 4.30. The Kier molecular flexibility index (Phi) is 1.90. The molecular formula is C11H7NO2. The Bertz CT molecular complexity index is 457. The van der Waals surface area contributed by atoms with E-state index in [1.807, 2.05) is 6.07 Å². The summed E-state index contributed by atoms with van der Waals surface area (Å²) in [7, 11) is 0. The molecule has 0 saturated heterocycles. The largest absolute Gasteiger partial charge is 0.294 e. The van der Waals surface area contributed by atoms with Gasteiger partial charge < -0.3 is 0 Å². The molecule has 1 atom stereocenters. The van der Waals surface area contributed by atoms with Crippen LogP contribution in [0.4, 0.5) is 0 Å². The lowest BCUT2D eigenvalue weighted by Gasteiger charge is -2.16. The smallest absolute Gasteiger partial charge is 0.181 e. The average molecular weight is 185 g/mol. The summed E-state index contributed by atoms with van der Waals surface area (Å²) in [4.78, 5) is 23.1. The molecule has 1 aliphatic rings. The highest BCUT2D eigenvalue weighted by Gasteiger charge is 2.31. The molecule has 0 spiro atoms. The molecule has 1 aromatic rings. The van der Waals surface area contributed by atoms with E-state index in [2.05, 4.69) is 0 Å². The molecule has 14 heavy (non-hydrogen) atoms. The van der Waals surface area contributed by atoms with Crippen molar-refractivity contribution in [2.75, 3.05) is 0 Å². The van der Waals surface area contributed by atoms with Gasteiger partial charge in [-0.2, -0.15) is 5.26 Å². The predicted molar refractivity (Wildman–Crippen MR) is 48.8 cm³/mol. The van der Waals surface area contributed by atoms with Gasteiger partial charge in [-0.3, -0.25) is 9.59 Å². The number of rotatable bonds is 0. The standard InChI is InChI=1S/C11H7NO2/c12-6-7-5-10(13)8-3-1-2-4-9(8)11(7)14/h1-4,7H,5H2/t7-/m1/s1. The number of carbonyl (C=O) groups is 2. The molecule has 0 amide bonds. The molecule has 1 aromatic carbocycles. The lowest BCUT2D eigenvalue weighted by atomic mass is 9.83. The first-order valence-corrected chi connectivity index (χ1v) is 4.30. The highest BCUT2D eigenvalue weighted by molar-refractivity contribution is 6.15. The molecule has 0 N–H and O–H groups in total. The third-order valence-electron chi connectivity index (χ3n) is 2.35. The normalized spacial score (nSPS) is 20.1. The number of hydrogen-bond donors (Lipinski definition) is 0.